The zero-order chi connectivity index (χ0) is 18.3. The second-order valence-electron chi connectivity index (χ2n) is 5.35. The van der Waals surface area contributed by atoms with Crippen LogP contribution < -0.4 is 0 Å². The quantitative estimate of drug-likeness (QED) is 0.427. The van der Waals surface area contributed by atoms with Crippen LogP contribution in [0.2, 0.25) is 0 Å². The van der Waals surface area contributed by atoms with Gasteiger partial charge in [0.25, 0.3) is 0 Å². The van der Waals surface area contributed by atoms with Gasteiger partial charge in [-0.25, -0.2) is 0 Å². The van der Waals surface area contributed by atoms with Crippen LogP contribution in [0.15, 0.2) is 9.66 Å². The molecule has 11 heteroatoms. The number of aliphatic hydroxyl groups is 1. The van der Waals surface area contributed by atoms with E-state index in [0.717, 1.165) is 22.6 Å². The van der Waals surface area contributed by atoms with Crippen LogP contribution in [-0.4, -0.2) is 34.7 Å². The van der Waals surface area contributed by atoms with Gasteiger partial charge < -0.3 is 5.11 Å². The van der Waals surface area contributed by atoms with Crippen molar-refractivity contribution in [3.8, 4) is 0 Å². The summed E-state index contributed by atoms with van der Waals surface area (Å²) in [6.07, 6.45) is -6.25. The lowest BCUT2D eigenvalue weighted by Gasteiger charge is -2.35. The topological polar surface area (TPSA) is 20.2 Å². The molecule has 0 heterocycles. The van der Waals surface area contributed by atoms with Crippen molar-refractivity contribution in [2.24, 2.45) is 0 Å². The summed E-state index contributed by atoms with van der Waals surface area (Å²) in [5.74, 6) is -19.4. The van der Waals surface area contributed by atoms with Crippen molar-refractivity contribution in [3.63, 3.8) is 0 Å². The van der Waals surface area contributed by atoms with Crippen molar-refractivity contribution in [2.75, 3.05) is 0 Å². The molecule has 0 atom stereocenters. The molecule has 0 aromatic rings. The monoisotopic (exact) mass is 470 g/mol. The van der Waals surface area contributed by atoms with Crippen LogP contribution in [0.1, 0.15) is 32.1 Å². The van der Waals surface area contributed by atoms with E-state index >= 15 is 0 Å². The molecular formula is C12H12F9IO. The lowest BCUT2D eigenvalue weighted by Crippen LogP contribution is -2.60. The van der Waals surface area contributed by atoms with Gasteiger partial charge in [-0.3, -0.25) is 0 Å². The zero-order valence-corrected chi connectivity index (χ0v) is 13.5. The molecular weight excluding hydrogens is 458 g/mol. The van der Waals surface area contributed by atoms with Gasteiger partial charge in [-0.1, -0.05) is 19.3 Å². The minimum absolute atomic E-state index is 0.0703. The average molecular weight is 470 g/mol. The molecule has 1 N–H and O–H groups in total. The normalized spacial score (nSPS) is 21.4. The first-order chi connectivity index (χ1) is 10.1. The molecule has 0 bridgehead atoms. The Hall–Kier alpha value is -0.200. The molecule has 1 nitrogen and oxygen atoms in total. The first kappa shape index (κ1) is 20.8. The van der Waals surface area contributed by atoms with Crippen LogP contribution in [-0.2, 0) is 0 Å². The van der Waals surface area contributed by atoms with Gasteiger partial charge >= 0.3 is 23.9 Å². The smallest absolute Gasteiger partial charge is 0.385 e. The SMILES string of the molecule is OC1(C(I)=CC(F)(F)C(F)(F)C(F)(F)C(F)(F)F)CCCCC1. The molecule has 0 unspecified atom stereocenters. The maximum absolute atomic E-state index is 13.5. The second-order valence-corrected chi connectivity index (χ2v) is 6.52. The molecule has 1 aliphatic rings. The van der Waals surface area contributed by atoms with E-state index in [0.29, 0.717) is 19.3 Å². The van der Waals surface area contributed by atoms with Gasteiger partial charge in [0.1, 0.15) is 0 Å². The molecule has 136 valence electrons. The molecule has 0 radical (unpaired) electrons. The summed E-state index contributed by atoms with van der Waals surface area (Å²) in [5.41, 5.74) is -1.92. The second kappa shape index (κ2) is 6.26. The third-order valence-electron chi connectivity index (χ3n) is 3.60. The molecule has 0 aliphatic heterocycles. The molecule has 0 spiro atoms. The first-order valence-electron chi connectivity index (χ1n) is 6.40. The van der Waals surface area contributed by atoms with Crippen molar-refractivity contribution in [1.82, 2.24) is 0 Å². The average Bonchev–Trinajstić information content (AvgIpc) is 2.37. The number of hydrogen-bond acceptors (Lipinski definition) is 1. The van der Waals surface area contributed by atoms with Crippen molar-refractivity contribution in [2.45, 2.75) is 61.6 Å². The van der Waals surface area contributed by atoms with Gasteiger partial charge in [0.2, 0.25) is 0 Å². The highest BCUT2D eigenvalue weighted by atomic mass is 127. The Bertz CT molecular complexity index is 464. The number of rotatable bonds is 4. The number of hydrogen-bond donors (Lipinski definition) is 1. The highest BCUT2D eigenvalue weighted by molar-refractivity contribution is 14.1. The Morgan fingerprint density at radius 3 is 1.65 bits per heavy atom. The summed E-state index contributed by atoms with van der Waals surface area (Å²) in [6.45, 7) is 0. The van der Waals surface area contributed by atoms with Crippen molar-refractivity contribution >= 4 is 22.6 Å². The maximum atomic E-state index is 13.5. The number of halogens is 10. The fraction of sp³-hybridized carbons (Fsp3) is 0.833. The van der Waals surface area contributed by atoms with Gasteiger partial charge in [-0.2, -0.15) is 39.5 Å². The summed E-state index contributed by atoms with van der Waals surface area (Å²) >= 11 is 1.06. The van der Waals surface area contributed by atoms with Crippen molar-refractivity contribution in [1.29, 1.82) is 0 Å². The molecule has 0 saturated heterocycles. The van der Waals surface area contributed by atoms with E-state index in [1.165, 1.54) is 0 Å². The summed E-state index contributed by atoms with van der Waals surface area (Å²) in [4.78, 5) is 0. The molecule has 0 amide bonds. The third-order valence-corrected chi connectivity index (χ3v) is 4.92. The van der Waals surface area contributed by atoms with E-state index in [-0.39, 0.29) is 12.8 Å². The van der Waals surface area contributed by atoms with Crippen molar-refractivity contribution < 1.29 is 44.6 Å². The zero-order valence-electron chi connectivity index (χ0n) is 11.3. The first-order valence-corrected chi connectivity index (χ1v) is 7.48. The molecule has 1 aliphatic carbocycles. The molecule has 1 saturated carbocycles. The van der Waals surface area contributed by atoms with E-state index in [9.17, 15) is 44.6 Å². The highest BCUT2D eigenvalue weighted by Gasteiger charge is 2.81. The Labute approximate surface area is 139 Å². The van der Waals surface area contributed by atoms with E-state index < -0.39 is 39.2 Å². The summed E-state index contributed by atoms with van der Waals surface area (Å²) in [6, 6.07) is 0. The number of allylic oxidation sites excluding steroid dienone is 1. The predicted molar refractivity (Wildman–Crippen MR) is 71.0 cm³/mol. The van der Waals surface area contributed by atoms with Gasteiger partial charge in [0.05, 0.1) is 5.60 Å². The fourth-order valence-corrected chi connectivity index (χ4v) is 3.08. The molecule has 23 heavy (non-hydrogen) atoms. The van der Waals surface area contributed by atoms with Crippen molar-refractivity contribution in [3.05, 3.63) is 9.66 Å². The van der Waals surface area contributed by atoms with Gasteiger partial charge in [0, 0.05) is 9.66 Å². The largest absolute Gasteiger partial charge is 0.460 e. The van der Waals surface area contributed by atoms with E-state index in [4.69, 9.17) is 0 Å². The van der Waals surface area contributed by atoms with Crippen LogP contribution in [0.25, 0.3) is 0 Å². The predicted octanol–water partition coefficient (Wildman–Crippen LogP) is 5.47. The summed E-state index contributed by atoms with van der Waals surface area (Å²) in [7, 11) is 0. The van der Waals surface area contributed by atoms with Crippen LogP contribution in [0.3, 0.4) is 0 Å². The van der Waals surface area contributed by atoms with E-state index in [2.05, 4.69) is 0 Å². The summed E-state index contributed by atoms with van der Waals surface area (Å²) in [5, 5.41) is 10.1. The lowest BCUT2D eigenvalue weighted by atomic mass is 9.84. The summed E-state index contributed by atoms with van der Waals surface area (Å²) < 4.78 is 114. The minimum atomic E-state index is -6.92. The van der Waals surface area contributed by atoms with Gasteiger partial charge in [-0.05, 0) is 35.4 Å². The van der Waals surface area contributed by atoms with E-state index in [1.54, 1.807) is 0 Å². The molecule has 0 aromatic carbocycles. The van der Waals surface area contributed by atoms with Gasteiger partial charge in [-0.15, -0.1) is 0 Å². The van der Waals surface area contributed by atoms with Crippen LogP contribution in [0.5, 0.6) is 0 Å². The van der Waals surface area contributed by atoms with Crippen LogP contribution in [0, 0.1) is 0 Å². The van der Waals surface area contributed by atoms with Crippen LogP contribution >= 0.6 is 22.6 Å². The molecule has 1 fully saturated rings. The Balaban J connectivity index is 3.21. The molecule has 1 rings (SSSR count). The Kier molecular flexibility index (Phi) is 5.68. The Morgan fingerprint density at radius 1 is 0.826 bits per heavy atom. The Morgan fingerprint density at radius 2 is 1.26 bits per heavy atom. The number of alkyl halides is 9. The highest BCUT2D eigenvalue weighted by Crippen LogP contribution is 2.54. The van der Waals surface area contributed by atoms with Crippen LogP contribution in [0.4, 0.5) is 39.5 Å². The third kappa shape index (κ3) is 3.74. The minimum Gasteiger partial charge on any atom is -0.385 e. The fourth-order valence-electron chi connectivity index (χ4n) is 2.15. The lowest BCUT2D eigenvalue weighted by molar-refractivity contribution is -0.388. The maximum Gasteiger partial charge on any atom is 0.460 e. The van der Waals surface area contributed by atoms with Gasteiger partial charge in [0.15, 0.2) is 0 Å². The van der Waals surface area contributed by atoms with E-state index in [1.807, 2.05) is 0 Å². The molecule has 0 aromatic heterocycles. The standard InChI is InChI=1S/C12H12F9IO/c13-9(14,10(15,16)11(17,18)12(19,20)21)6-7(22)8(23)4-2-1-3-5-8/h6,23H,1-5H2.